The molecular weight excluding hydrogens is 340 g/mol. The molecule has 5 heteroatoms. The molecule has 0 amide bonds. The smallest absolute Gasteiger partial charge is 0.140 e. The Bertz CT molecular complexity index is 747. The van der Waals surface area contributed by atoms with Gasteiger partial charge in [-0.3, -0.25) is 5.41 Å². The fourth-order valence-electron chi connectivity index (χ4n) is 4.50. The molecule has 0 spiro atoms. The number of fused-ring (bicyclic) bond motifs is 1. The lowest BCUT2D eigenvalue weighted by Crippen LogP contribution is -2.34. The van der Waals surface area contributed by atoms with Gasteiger partial charge >= 0.3 is 0 Å². The van der Waals surface area contributed by atoms with Gasteiger partial charge in [0.25, 0.3) is 0 Å². The van der Waals surface area contributed by atoms with E-state index in [0.717, 1.165) is 29.6 Å². The zero-order valence-electron chi connectivity index (χ0n) is 15.3. The number of hydrogen-bond donors (Lipinski definition) is 4. The van der Waals surface area contributed by atoms with Crippen LogP contribution >= 0.6 is 11.3 Å². The average molecular weight is 369 g/mol. The quantitative estimate of drug-likeness (QED) is 0.450. The largest absolute Gasteiger partial charge is 0.384 e. The fraction of sp³-hybridized carbons (Fsp3) is 0.476. The average Bonchev–Trinajstić information content (AvgIpc) is 3.32. The first-order chi connectivity index (χ1) is 12.7. The highest BCUT2D eigenvalue weighted by atomic mass is 32.1. The number of amidine groups is 1. The molecule has 2 aliphatic rings. The minimum absolute atomic E-state index is 0.480. The molecule has 1 saturated carbocycles. The molecule has 4 N–H and O–H groups in total. The highest BCUT2D eigenvalue weighted by Crippen LogP contribution is 2.43. The molecule has 1 fully saturated rings. The molecule has 1 aliphatic heterocycles. The van der Waals surface area contributed by atoms with Gasteiger partial charge in [-0.25, -0.2) is 0 Å². The normalized spacial score (nSPS) is 24.7. The summed E-state index contributed by atoms with van der Waals surface area (Å²) in [6.45, 7) is 4.33. The molecule has 4 nitrogen and oxygen atoms in total. The van der Waals surface area contributed by atoms with Crippen molar-refractivity contribution in [2.75, 3.05) is 23.7 Å². The van der Waals surface area contributed by atoms with Crippen LogP contribution in [-0.4, -0.2) is 25.0 Å². The van der Waals surface area contributed by atoms with Crippen molar-refractivity contribution in [3.05, 3.63) is 46.2 Å². The summed E-state index contributed by atoms with van der Waals surface area (Å²) in [5, 5.41) is 20.8. The van der Waals surface area contributed by atoms with E-state index >= 15 is 0 Å². The van der Waals surface area contributed by atoms with Crippen molar-refractivity contribution in [2.24, 2.45) is 5.92 Å². The molecule has 0 radical (unpaired) electrons. The molecule has 138 valence electrons. The Hall–Kier alpha value is -1.85. The van der Waals surface area contributed by atoms with E-state index in [4.69, 9.17) is 5.41 Å². The highest BCUT2D eigenvalue weighted by molar-refractivity contribution is 7.12. The van der Waals surface area contributed by atoms with Crippen LogP contribution in [0.1, 0.15) is 49.0 Å². The summed E-state index contributed by atoms with van der Waals surface area (Å²) in [6.07, 6.45) is 5.22. The second-order valence-electron chi connectivity index (χ2n) is 7.44. The van der Waals surface area contributed by atoms with Gasteiger partial charge in [0, 0.05) is 29.9 Å². The van der Waals surface area contributed by atoms with Gasteiger partial charge in [-0.15, -0.1) is 11.3 Å². The zero-order valence-corrected chi connectivity index (χ0v) is 16.2. The molecule has 4 rings (SSSR count). The van der Waals surface area contributed by atoms with Crippen LogP contribution in [0.2, 0.25) is 0 Å². The van der Waals surface area contributed by atoms with Gasteiger partial charge < -0.3 is 16.0 Å². The van der Waals surface area contributed by atoms with E-state index < -0.39 is 0 Å². The van der Waals surface area contributed by atoms with Crippen LogP contribution in [0.25, 0.3) is 0 Å². The van der Waals surface area contributed by atoms with Crippen LogP contribution in [0.4, 0.5) is 11.4 Å². The molecule has 1 aromatic heterocycles. The Kier molecular flexibility index (Phi) is 5.27. The summed E-state index contributed by atoms with van der Waals surface area (Å²) in [5.74, 6) is 1.85. The van der Waals surface area contributed by atoms with E-state index in [1.54, 1.807) is 11.3 Å². The maximum Gasteiger partial charge on any atom is 0.140 e. The number of hydrogen-bond acceptors (Lipinski definition) is 4. The molecule has 1 aromatic carbocycles. The minimum atomic E-state index is 0.480. The lowest BCUT2D eigenvalue weighted by atomic mass is 9.76. The van der Waals surface area contributed by atoms with Gasteiger partial charge in [-0.05, 0) is 73.4 Å². The summed E-state index contributed by atoms with van der Waals surface area (Å²) in [4.78, 5) is 0.974. The standard InChI is InChI=1S/C21H28N4S/c1-2-23-15-7-5-14(6-8-15)18-13-24-19-10-9-16(12-17(18)19)25-21(22)20-4-3-11-26-20/h3-4,9-12,14-15,18,23-24H,2,5-8,13H2,1H3,(H2,22,25). The predicted octanol–water partition coefficient (Wildman–Crippen LogP) is 4.86. The second kappa shape index (κ2) is 7.80. The van der Waals surface area contributed by atoms with Crippen LogP contribution in [-0.2, 0) is 0 Å². The van der Waals surface area contributed by atoms with Gasteiger partial charge in [0.2, 0.25) is 0 Å². The van der Waals surface area contributed by atoms with Crippen LogP contribution in [0.5, 0.6) is 0 Å². The van der Waals surface area contributed by atoms with Gasteiger partial charge in [0.05, 0.1) is 4.88 Å². The Morgan fingerprint density at radius 2 is 2.08 bits per heavy atom. The third-order valence-corrected chi connectivity index (χ3v) is 6.72. The monoisotopic (exact) mass is 368 g/mol. The number of benzene rings is 1. The number of nitrogens with one attached hydrogen (secondary N) is 4. The molecule has 1 aliphatic carbocycles. The van der Waals surface area contributed by atoms with E-state index in [2.05, 4.69) is 41.1 Å². The molecule has 0 bridgehead atoms. The van der Waals surface area contributed by atoms with Crippen molar-refractivity contribution in [1.82, 2.24) is 5.32 Å². The van der Waals surface area contributed by atoms with Crippen molar-refractivity contribution in [3.63, 3.8) is 0 Å². The maximum atomic E-state index is 8.27. The zero-order chi connectivity index (χ0) is 17.9. The summed E-state index contributed by atoms with van der Waals surface area (Å²) in [6, 6.07) is 11.2. The molecule has 2 heterocycles. The second-order valence-corrected chi connectivity index (χ2v) is 8.38. The van der Waals surface area contributed by atoms with E-state index in [1.165, 1.54) is 36.9 Å². The summed E-state index contributed by atoms with van der Waals surface area (Å²) in [7, 11) is 0. The Morgan fingerprint density at radius 1 is 1.23 bits per heavy atom. The fourth-order valence-corrected chi connectivity index (χ4v) is 5.13. The van der Waals surface area contributed by atoms with E-state index in [1.807, 2.05) is 17.5 Å². The van der Waals surface area contributed by atoms with Gasteiger partial charge in [-0.1, -0.05) is 13.0 Å². The van der Waals surface area contributed by atoms with Crippen molar-refractivity contribution < 1.29 is 0 Å². The number of anilines is 2. The summed E-state index contributed by atoms with van der Waals surface area (Å²) >= 11 is 1.60. The third-order valence-electron chi connectivity index (χ3n) is 5.83. The van der Waals surface area contributed by atoms with E-state index in [0.29, 0.717) is 17.8 Å². The number of thiophene rings is 1. The molecule has 0 saturated heterocycles. The molecular formula is C21H28N4S. The van der Waals surface area contributed by atoms with Gasteiger partial charge in [-0.2, -0.15) is 0 Å². The van der Waals surface area contributed by atoms with Crippen molar-refractivity contribution >= 4 is 28.5 Å². The highest BCUT2D eigenvalue weighted by Gasteiger charge is 2.32. The lowest BCUT2D eigenvalue weighted by Gasteiger charge is -2.32. The summed E-state index contributed by atoms with van der Waals surface area (Å²) < 4.78 is 0. The molecule has 26 heavy (non-hydrogen) atoms. The molecule has 1 unspecified atom stereocenters. The van der Waals surface area contributed by atoms with Crippen LogP contribution in [0.3, 0.4) is 0 Å². The van der Waals surface area contributed by atoms with Crippen LogP contribution in [0, 0.1) is 11.3 Å². The van der Waals surface area contributed by atoms with Gasteiger partial charge in [0.1, 0.15) is 5.84 Å². The van der Waals surface area contributed by atoms with Gasteiger partial charge in [0.15, 0.2) is 0 Å². The molecule has 1 atom stereocenters. The Labute approximate surface area is 159 Å². The maximum absolute atomic E-state index is 8.27. The summed E-state index contributed by atoms with van der Waals surface area (Å²) in [5.41, 5.74) is 3.73. The van der Waals surface area contributed by atoms with Crippen molar-refractivity contribution in [2.45, 2.75) is 44.6 Å². The van der Waals surface area contributed by atoms with Crippen LogP contribution in [0.15, 0.2) is 35.7 Å². The minimum Gasteiger partial charge on any atom is -0.384 e. The van der Waals surface area contributed by atoms with E-state index in [9.17, 15) is 0 Å². The first kappa shape index (κ1) is 17.6. The van der Waals surface area contributed by atoms with Crippen molar-refractivity contribution in [1.29, 1.82) is 5.41 Å². The Balaban J connectivity index is 1.45. The first-order valence-electron chi connectivity index (χ1n) is 9.75. The van der Waals surface area contributed by atoms with Crippen LogP contribution < -0.4 is 16.0 Å². The third kappa shape index (κ3) is 3.64. The lowest BCUT2D eigenvalue weighted by molar-refractivity contribution is 0.267. The Morgan fingerprint density at radius 3 is 2.81 bits per heavy atom. The molecule has 2 aromatic rings. The number of rotatable bonds is 5. The van der Waals surface area contributed by atoms with E-state index in [-0.39, 0.29) is 0 Å². The SMILES string of the molecule is CCNC1CCC(C2CNc3ccc(NC(=N)c4cccs4)cc32)CC1. The van der Waals surface area contributed by atoms with Crippen molar-refractivity contribution in [3.8, 4) is 0 Å². The predicted molar refractivity (Wildman–Crippen MR) is 112 cm³/mol. The first-order valence-corrected chi connectivity index (χ1v) is 10.6. The topological polar surface area (TPSA) is 59.9 Å².